The van der Waals surface area contributed by atoms with Crippen LogP contribution in [0.25, 0.3) is 6.08 Å². The lowest BCUT2D eigenvalue weighted by atomic mass is 9.92. The van der Waals surface area contributed by atoms with E-state index >= 15 is 0 Å². The summed E-state index contributed by atoms with van der Waals surface area (Å²) in [4.78, 5) is 32.1. The predicted molar refractivity (Wildman–Crippen MR) is 137 cm³/mol. The number of furan rings is 1. The van der Waals surface area contributed by atoms with E-state index in [4.69, 9.17) is 14.1 Å². The third-order valence-electron chi connectivity index (χ3n) is 5.68. The smallest absolute Gasteiger partial charge is 0.338 e. The Morgan fingerprint density at radius 1 is 1.24 bits per heavy atom. The molecule has 1 aromatic carbocycles. The number of thiazole rings is 1. The van der Waals surface area contributed by atoms with E-state index in [2.05, 4.69) is 41.9 Å². The lowest BCUT2D eigenvalue weighted by Crippen LogP contribution is -2.40. The number of hydrogen-bond donors (Lipinski definition) is 0. The molecule has 178 valence electrons. The highest BCUT2D eigenvalue weighted by Crippen LogP contribution is 2.33. The molecule has 0 fully saturated rings. The maximum Gasteiger partial charge on any atom is 0.338 e. The highest BCUT2D eigenvalue weighted by atomic mass is 79.9. The summed E-state index contributed by atoms with van der Waals surface area (Å²) in [5.41, 5.74) is 2.93. The van der Waals surface area contributed by atoms with Gasteiger partial charge >= 0.3 is 5.97 Å². The van der Waals surface area contributed by atoms with E-state index in [9.17, 15) is 9.59 Å². The summed E-state index contributed by atoms with van der Waals surface area (Å²) in [5.74, 6) is 0.504. The fraction of sp³-hybridized carbons (Fsp3) is 0.346. The SMILES string of the molecule is CCCC1=C(C(=O)OCC)[C@H](c2ccc(C(C)C)cc2)n2c(s/c(=C\c3ccc(Br)o3)c2=O)=N1. The third-order valence-corrected chi connectivity index (χ3v) is 7.09. The molecular formula is C26H27BrN2O4S. The van der Waals surface area contributed by atoms with E-state index < -0.39 is 12.0 Å². The number of rotatable bonds is 7. The number of allylic oxidation sites excluding steroid dienone is 1. The van der Waals surface area contributed by atoms with Gasteiger partial charge in [0.05, 0.1) is 28.5 Å². The van der Waals surface area contributed by atoms with Crippen molar-refractivity contribution in [2.24, 2.45) is 4.99 Å². The molecule has 34 heavy (non-hydrogen) atoms. The van der Waals surface area contributed by atoms with Crippen molar-refractivity contribution in [3.8, 4) is 0 Å². The summed E-state index contributed by atoms with van der Waals surface area (Å²) < 4.78 is 13.7. The lowest BCUT2D eigenvalue weighted by molar-refractivity contribution is -0.139. The molecule has 3 heterocycles. The molecule has 0 saturated carbocycles. The van der Waals surface area contributed by atoms with Gasteiger partial charge in [-0.25, -0.2) is 9.79 Å². The van der Waals surface area contributed by atoms with Crippen molar-refractivity contribution in [3.63, 3.8) is 0 Å². The Morgan fingerprint density at radius 3 is 2.56 bits per heavy atom. The van der Waals surface area contributed by atoms with Gasteiger partial charge in [-0.3, -0.25) is 9.36 Å². The number of fused-ring (bicyclic) bond motifs is 1. The molecule has 1 atom stereocenters. The van der Waals surface area contributed by atoms with Gasteiger partial charge in [0.1, 0.15) is 5.76 Å². The number of halogens is 1. The van der Waals surface area contributed by atoms with Gasteiger partial charge in [-0.1, -0.05) is 62.8 Å². The second kappa shape index (κ2) is 10.3. The zero-order valence-corrected chi connectivity index (χ0v) is 22.0. The topological polar surface area (TPSA) is 73.8 Å². The number of esters is 1. The van der Waals surface area contributed by atoms with E-state index in [1.807, 2.05) is 19.1 Å². The molecule has 0 aliphatic carbocycles. The number of carbonyl (C=O) groups excluding carboxylic acids is 1. The van der Waals surface area contributed by atoms with Crippen LogP contribution in [0.15, 0.2) is 66.5 Å². The van der Waals surface area contributed by atoms with Crippen LogP contribution in [-0.2, 0) is 9.53 Å². The van der Waals surface area contributed by atoms with Crippen molar-refractivity contribution < 1.29 is 13.9 Å². The standard InChI is InChI=1S/C26H27BrN2O4S/c1-5-7-19-22(25(31)32-6-2)23(17-10-8-16(9-11-17)15(3)4)29-24(30)20(34-26(29)28-19)14-18-12-13-21(27)33-18/h8-15,23H,5-7H2,1-4H3/b20-14-/t23-/m0/s1. The zero-order chi connectivity index (χ0) is 24.4. The first-order chi connectivity index (χ1) is 16.3. The molecule has 6 nitrogen and oxygen atoms in total. The molecule has 0 bridgehead atoms. The Labute approximate surface area is 210 Å². The van der Waals surface area contributed by atoms with Crippen LogP contribution in [0, 0.1) is 0 Å². The normalized spacial score (nSPS) is 16.1. The second-order valence-corrected chi connectivity index (χ2v) is 10.2. The molecule has 0 spiro atoms. The number of aromatic nitrogens is 1. The highest BCUT2D eigenvalue weighted by Gasteiger charge is 2.34. The van der Waals surface area contributed by atoms with Gasteiger partial charge in [0.15, 0.2) is 9.47 Å². The molecule has 0 N–H and O–H groups in total. The maximum atomic E-state index is 13.6. The molecule has 0 unspecified atom stereocenters. The van der Waals surface area contributed by atoms with Crippen LogP contribution in [-0.4, -0.2) is 17.1 Å². The van der Waals surface area contributed by atoms with Gasteiger partial charge in [0.25, 0.3) is 5.56 Å². The number of carbonyl (C=O) groups is 1. The van der Waals surface area contributed by atoms with Gasteiger partial charge in [-0.05, 0) is 58.5 Å². The molecule has 0 amide bonds. The zero-order valence-electron chi connectivity index (χ0n) is 19.6. The summed E-state index contributed by atoms with van der Waals surface area (Å²) in [6.07, 6.45) is 3.14. The first kappa shape index (κ1) is 24.4. The molecule has 3 aromatic rings. The Kier molecular flexibility index (Phi) is 7.38. The third kappa shape index (κ3) is 4.74. The van der Waals surface area contributed by atoms with E-state index in [0.29, 0.717) is 43.4 Å². The number of ether oxygens (including phenoxy) is 1. The minimum Gasteiger partial charge on any atom is -0.463 e. The molecule has 8 heteroatoms. The number of nitrogens with zero attached hydrogens (tertiary/aromatic N) is 2. The van der Waals surface area contributed by atoms with Gasteiger partial charge in [-0.15, -0.1) is 0 Å². The van der Waals surface area contributed by atoms with Crippen LogP contribution in [0.2, 0.25) is 0 Å². The average molecular weight is 543 g/mol. The Morgan fingerprint density at radius 2 is 1.97 bits per heavy atom. The quantitative estimate of drug-likeness (QED) is 0.391. The van der Waals surface area contributed by atoms with Crippen LogP contribution in [0.5, 0.6) is 0 Å². The van der Waals surface area contributed by atoms with E-state index in [1.54, 1.807) is 29.7 Å². The summed E-state index contributed by atoms with van der Waals surface area (Å²) in [6, 6.07) is 11.1. The fourth-order valence-corrected chi connectivity index (χ4v) is 5.35. The first-order valence-electron chi connectivity index (χ1n) is 11.4. The number of hydrogen-bond acceptors (Lipinski definition) is 6. The average Bonchev–Trinajstić information content (AvgIpc) is 3.35. The molecule has 0 radical (unpaired) electrons. The molecule has 1 aliphatic heterocycles. The monoisotopic (exact) mass is 542 g/mol. The van der Waals surface area contributed by atoms with Crippen LogP contribution in [0.3, 0.4) is 0 Å². The summed E-state index contributed by atoms with van der Waals surface area (Å²) in [6.45, 7) is 8.34. The van der Waals surface area contributed by atoms with E-state index in [1.165, 1.54) is 16.9 Å². The van der Waals surface area contributed by atoms with Gasteiger partial charge in [0, 0.05) is 6.08 Å². The van der Waals surface area contributed by atoms with Crippen molar-refractivity contribution in [2.75, 3.05) is 6.61 Å². The van der Waals surface area contributed by atoms with Crippen molar-refractivity contribution in [1.29, 1.82) is 0 Å². The predicted octanol–water partition coefficient (Wildman–Crippen LogP) is 5.06. The molecule has 0 saturated heterocycles. The highest BCUT2D eigenvalue weighted by molar-refractivity contribution is 9.10. The van der Waals surface area contributed by atoms with Crippen molar-refractivity contribution in [3.05, 3.63) is 88.9 Å². The second-order valence-electron chi connectivity index (χ2n) is 8.38. The van der Waals surface area contributed by atoms with Gasteiger partial charge in [0.2, 0.25) is 0 Å². The van der Waals surface area contributed by atoms with Crippen molar-refractivity contribution in [2.45, 2.75) is 52.5 Å². The van der Waals surface area contributed by atoms with Crippen LogP contribution in [0.1, 0.15) is 69.4 Å². The Bertz CT molecular complexity index is 1410. The molecule has 2 aromatic heterocycles. The van der Waals surface area contributed by atoms with Crippen LogP contribution in [0.4, 0.5) is 0 Å². The fourth-order valence-electron chi connectivity index (χ4n) is 4.03. The van der Waals surface area contributed by atoms with Crippen molar-refractivity contribution in [1.82, 2.24) is 4.57 Å². The van der Waals surface area contributed by atoms with Gasteiger partial charge < -0.3 is 9.15 Å². The van der Waals surface area contributed by atoms with E-state index in [-0.39, 0.29) is 12.2 Å². The summed E-state index contributed by atoms with van der Waals surface area (Å²) in [5, 5.41) is 0. The molecule has 1 aliphatic rings. The van der Waals surface area contributed by atoms with Crippen LogP contribution >= 0.6 is 27.3 Å². The Hall–Kier alpha value is -2.71. The number of benzene rings is 1. The summed E-state index contributed by atoms with van der Waals surface area (Å²) in [7, 11) is 0. The maximum absolute atomic E-state index is 13.6. The minimum absolute atomic E-state index is 0.216. The largest absolute Gasteiger partial charge is 0.463 e. The van der Waals surface area contributed by atoms with Gasteiger partial charge in [-0.2, -0.15) is 0 Å². The molecule has 4 rings (SSSR count). The van der Waals surface area contributed by atoms with Crippen LogP contribution < -0.4 is 14.9 Å². The summed E-state index contributed by atoms with van der Waals surface area (Å²) >= 11 is 4.59. The lowest BCUT2D eigenvalue weighted by Gasteiger charge is -2.26. The first-order valence-corrected chi connectivity index (χ1v) is 13.0. The Balaban J connectivity index is 1.97. The van der Waals surface area contributed by atoms with Crippen molar-refractivity contribution >= 4 is 39.3 Å². The minimum atomic E-state index is -0.608. The molecular weight excluding hydrogens is 516 g/mol. The van der Waals surface area contributed by atoms with E-state index in [0.717, 1.165) is 12.0 Å².